The topological polar surface area (TPSA) is 115 Å². The molecule has 3 aromatic carbocycles. The fraction of sp³-hybridized carbons (Fsp3) is 0.273. The Hall–Kier alpha value is -3.01. The fourth-order valence-electron chi connectivity index (χ4n) is 5.19. The Morgan fingerprint density at radius 3 is 2.05 bits per heavy atom. The normalized spacial score (nSPS) is 12.4. The van der Waals surface area contributed by atoms with E-state index < -0.39 is 30.4 Å². The van der Waals surface area contributed by atoms with Gasteiger partial charge in [-0.3, -0.25) is 4.79 Å². The largest absolute Gasteiger partial charge is 2.00 e. The van der Waals surface area contributed by atoms with Crippen molar-refractivity contribution in [1.82, 2.24) is 4.57 Å². The summed E-state index contributed by atoms with van der Waals surface area (Å²) in [6.07, 6.45) is -2.77. The van der Waals surface area contributed by atoms with E-state index in [1.54, 1.807) is 24.3 Å². The van der Waals surface area contributed by atoms with Gasteiger partial charge in [0.2, 0.25) is 0 Å². The monoisotopic (exact) mass is 597 g/mol. The molecule has 9 heteroatoms. The molecule has 1 amide bonds. The first-order valence-electron chi connectivity index (χ1n) is 13.7. The molecule has 0 saturated carbocycles. The standard InChI is InChI=1S/C33H35FN2O5.Ca/c1-21(2)31-30(33(41)35-25-11-7-4-8-12-25)29(22-9-5-3-6-10-22)32(23-13-15-24(34)16-14-23)36(31)18-17-26(37)19-27(38)20-28(39)40;/h3-16,21,26-27,37-38H,17-20H2,1-2H3,(H,35,41)(H,39,40);/q;+2/p-1. The number of para-hydroxylation sites is 1. The molecule has 0 aliphatic carbocycles. The summed E-state index contributed by atoms with van der Waals surface area (Å²) in [6.45, 7) is 4.22. The van der Waals surface area contributed by atoms with Crippen molar-refractivity contribution >= 4 is 55.3 Å². The van der Waals surface area contributed by atoms with Crippen LogP contribution in [0.25, 0.3) is 22.4 Å². The summed E-state index contributed by atoms with van der Waals surface area (Å²) in [6, 6.07) is 24.7. The average molecular weight is 598 g/mol. The molecule has 42 heavy (non-hydrogen) atoms. The van der Waals surface area contributed by atoms with Gasteiger partial charge in [-0.05, 0) is 66.3 Å². The Balaban J connectivity index is 0.00000484. The van der Waals surface area contributed by atoms with E-state index in [0.29, 0.717) is 28.1 Å². The van der Waals surface area contributed by atoms with Gasteiger partial charge in [0.05, 0.1) is 23.5 Å². The van der Waals surface area contributed by atoms with E-state index in [4.69, 9.17) is 0 Å². The third-order valence-electron chi connectivity index (χ3n) is 6.92. The van der Waals surface area contributed by atoms with E-state index in [2.05, 4.69) is 5.32 Å². The zero-order valence-corrected chi connectivity index (χ0v) is 26.0. The predicted octanol–water partition coefficient (Wildman–Crippen LogP) is 4.60. The first-order valence-corrected chi connectivity index (χ1v) is 13.7. The van der Waals surface area contributed by atoms with Crippen molar-refractivity contribution in [1.29, 1.82) is 0 Å². The molecule has 0 radical (unpaired) electrons. The average Bonchev–Trinajstić information content (AvgIpc) is 3.28. The van der Waals surface area contributed by atoms with Crippen LogP contribution < -0.4 is 10.4 Å². The summed E-state index contributed by atoms with van der Waals surface area (Å²) >= 11 is 0. The Labute approximate surface area is 275 Å². The van der Waals surface area contributed by atoms with Crippen LogP contribution in [0.4, 0.5) is 10.1 Å². The Morgan fingerprint density at radius 1 is 0.881 bits per heavy atom. The number of benzene rings is 3. The molecular weight excluding hydrogens is 563 g/mol. The van der Waals surface area contributed by atoms with Crippen molar-refractivity contribution in [3.8, 4) is 22.4 Å². The van der Waals surface area contributed by atoms with Crippen LogP contribution in [-0.2, 0) is 11.3 Å². The molecule has 1 heterocycles. The molecule has 7 nitrogen and oxygen atoms in total. The van der Waals surface area contributed by atoms with Crippen LogP contribution in [-0.4, -0.2) is 76.6 Å². The van der Waals surface area contributed by atoms with E-state index in [9.17, 15) is 29.3 Å². The number of amides is 1. The Bertz CT molecular complexity index is 1470. The molecular formula is C33H34CaFN2O5+. The summed E-state index contributed by atoms with van der Waals surface area (Å²) in [5, 5.41) is 34.6. The van der Waals surface area contributed by atoms with Crippen molar-refractivity contribution in [2.75, 3.05) is 5.32 Å². The Kier molecular flexibility index (Phi) is 12.3. The van der Waals surface area contributed by atoms with Crippen LogP contribution in [0.1, 0.15) is 55.1 Å². The van der Waals surface area contributed by atoms with Gasteiger partial charge in [0, 0.05) is 35.9 Å². The number of carbonyl (C=O) groups is 2. The first-order chi connectivity index (χ1) is 19.7. The zero-order valence-electron chi connectivity index (χ0n) is 23.8. The third kappa shape index (κ3) is 8.30. The van der Waals surface area contributed by atoms with Crippen LogP contribution in [0, 0.1) is 5.82 Å². The van der Waals surface area contributed by atoms with E-state index in [1.165, 1.54) is 12.1 Å². The number of aliphatic carboxylic acids is 1. The molecule has 0 aliphatic heterocycles. The summed E-state index contributed by atoms with van der Waals surface area (Å²) in [5.41, 5.74) is 4.72. The minimum atomic E-state index is -1.39. The molecule has 3 N–H and O–H groups in total. The van der Waals surface area contributed by atoms with E-state index >= 15 is 0 Å². The second kappa shape index (κ2) is 15.5. The van der Waals surface area contributed by atoms with Gasteiger partial charge in [-0.15, -0.1) is 0 Å². The number of nitrogens with one attached hydrogen (secondary N) is 1. The van der Waals surface area contributed by atoms with Crippen LogP contribution in [0.5, 0.6) is 0 Å². The molecule has 0 fully saturated rings. The molecule has 0 aliphatic rings. The molecule has 2 unspecified atom stereocenters. The number of hydrogen-bond donors (Lipinski definition) is 3. The number of hydrogen-bond acceptors (Lipinski definition) is 5. The molecule has 0 spiro atoms. The van der Waals surface area contributed by atoms with Crippen LogP contribution in [0.3, 0.4) is 0 Å². The number of carbonyl (C=O) groups excluding carboxylic acids is 2. The van der Waals surface area contributed by atoms with E-state index in [1.807, 2.05) is 66.9 Å². The van der Waals surface area contributed by atoms with Gasteiger partial charge >= 0.3 is 37.7 Å². The zero-order chi connectivity index (χ0) is 29.5. The molecule has 0 saturated heterocycles. The van der Waals surface area contributed by atoms with Gasteiger partial charge in [-0.1, -0.05) is 62.4 Å². The maximum absolute atomic E-state index is 14.0. The van der Waals surface area contributed by atoms with Gasteiger partial charge in [-0.25, -0.2) is 4.39 Å². The predicted molar refractivity (Wildman–Crippen MR) is 160 cm³/mol. The number of aliphatic hydroxyl groups is 2. The molecule has 4 aromatic rings. The summed E-state index contributed by atoms with van der Waals surface area (Å²) in [4.78, 5) is 24.9. The van der Waals surface area contributed by atoms with Crippen molar-refractivity contribution in [3.05, 3.63) is 102 Å². The quantitative estimate of drug-likeness (QED) is 0.207. The van der Waals surface area contributed by atoms with Crippen molar-refractivity contribution in [2.24, 2.45) is 0 Å². The van der Waals surface area contributed by atoms with E-state index in [0.717, 1.165) is 11.3 Å². The van der Waals surface area contributed by atoms with Crippen LogP contribution in [0.2, 0.25) is 0 Å². The summed E-state index contributed by atoms with van der Waals surface area (Å²) in [5.74, 6) is -2.20. The second-order valence-corrected chi connectivity index (χ2v) is 10.4. The number of nitrogens with zero attached hydrogens (tertiary/aromatic N) is 1. The molecule has 1 aromatic heterocycles. The molecule has 4 rings (SSSR count). The summed E-state index contributed by atoms with van der Waals surface area (Å²) < 4.78 is 16.0. The van der Waals surface area contributed by atoms with E-state index in [-0.39, 0.29) is 68.9 Å². The fourth-order valence-corrected chi connectivity index (χ4v) is 5.19. The number of anilines is 1. The Morgan fingerprint density at radius 2 is 1.48 bits per heavy atom. The van der Waals surface area contributed by atoms with Gasteiger partial charge in [0.25, 0.3) is 5.91 Å². The van der Waals surface area contributed by atoms with Crippen molar-refractivity contribution < 1.29 is 29.3 Å². The number of rotatable bonds is 12. The number of aliphatic hydroxyl groups excluding tert-OH is 2. The van der Waals surface area contributed by atoms with Gasteiger partial charge in [-0.2, -0.15) is 0 Å². The second-order valence-electron chi connectivity index (χ2n) is 10.4. The van der Waals surface area contributed by atoms with Gasteiger partial charge < -0.3 is 30.0 Å². The van der Waals surface area contributed by atoms with Crippen molar-refractivity contribution in [2.45, 2.75) is 57.8 Å². The minimum absolute atomic E-state index is 0. The van der Waals surface area contributed by atoms with Crippen LogP contribution in [0.15, 0.2) is 84.9 Å². The number of carboxylic acid groups (broad SMARTS) is 1. The number of halogens is 1. The van der Waals surface area contributed by atoms with Crippen molar-refractivity contribution in [3.63, 3.8) is 0 Å². The molecule has 0 bridgehead atoms. The molecule has 2 atom stereocenters. The first kappa shape index (κ1) is 33.5. The summed E-state index contributed by atoms with van der Waals surface area (Å²) in [7, 11) is 0. The van der Waals surface area contributed by atoms with Gasteiger partial charge in [0.15, 0.2) is 0 Å². The third-order valence-corrected chi connectivity index (χ3v) is 6.92. The maximum atomic E-state index is 14.0. The van der Waals surface area contributed by atoms with Crippen LogP contribution >= 0.6 is 0 Å². The molecule has 214 valence electrons. The maximum Gasteiger partial charge on any atom is 2.00 e. The van der Waals surface area contributed by atoms with Gasteiger partial charge in [0.1, 0.15) is 5.82 Å². The minimum Gasteiger partial charge on any atom is -0.550 e. The SMILES string of the molecule is CC(C)c1c(C(=O)Nc2ccccc2)c(-c2ccccc2)c(-c2ccc(F)cc2)n1CCC(O)CC(O)CC(=O)[O-].[Ca+2]. The smallest absolute Gasteiger partial charge is 0.550 e. The number of carboxylic acids is 1. The number of aromatic nitrogens is 1.